The van der Waals surface area contributed by atoms with Crippen molar-refractivity contribution in [3.8, 4) is 0 Å². The van der Waals surface area contributed by atoms with Gasteiger partial charge in [-0.05, 0) is 21.7 Å². The van der Waals surface area contributed by atoms with Crippen molar-refractivity contribution < 1.29 is 0 Å². The molecule has 0 aliphatic heterocycles. The number of halogens is 5. The molecule has 1 radical (unpaired) electrons. The van der Waals surface area contributed by atoms with Crippen molar-refractivity contribution in [3.63, 3.8) is 0 Å². The summed E-state index contributed by atoms with van der Waals surface area (Å²) in [4.78, 5) is 0.470. The van der Waals surface area contributed by atoms with E-state index in [0.29, 0.717) is 4.90 Å². The lowest BCUT2D eigenvalue weighted by Crippen LogP contribution is -1.78. The van der Waals surface area contributed by atoms with Crippen molar-refractivity contribution in [1.82, 2.24) is 0 Å². The van der Waals surface area contributed by atoms with Crippen LogP contribution in [0.3, 0.4) is 0 Å². The van der Waals surface area contributed by atoms with Crippen LogP contribution in [-0.2, 0) is 0 Å². The molecule has 0 nitrogen and oxygen atoms in total. The van der Waals surface area contributed by atoms with Crippen LogP contribution in [-0.4, -0.2) is 0 Å². The molecule has 65 valence electrons. The smallest absolute Gasteiger partial charge is 0.0806 e. The lowest BCUT2D eigenvalue weighted by Gasteiger charge is -2.04. The molecule has 1 aromatic rings. The molecule has 1 aromatic carbocycles. The second-order valence-corrected chi connectivity index (χ2v) is 4.32. The van der Waals surface area contributed by atoms with Crippen LogP contribution in [0.25, 0.3) is 0 Å². The Morgan fingerprint density at radius 2 is 1.50 bits per heavy atom. The van der Waals surface area contributed by atoms with Crippen molar-refractivity contribution >= 4 is 68.1 Å². The second-order valence-electron chi connectivity index (χ2n) is 1.79. The van der Waals surface area contributed by atoms with Gasteiger partial charge in [0.15, 0.2) is 0 Å². The number of hydrogen-bond donors (Lipinski definition) is 0. The van der Waals surface area contributed by atoms with E-state index in [2.05, 4.69) is 6.07 Å². The molecular weight excluding hydrogens is 281 g/mol. The summed E-state index contributed by atoms with van der Waals surface area (Å²) in [5, 5.41) is 0.878. The van der Waals surface area contributed by atoms with Gasteiger partial charge < -0.3 is 0 Å². The van der Waals surface area contributed by atoms with Crippen LogP contribution in [0, 0.1) is 6.07 Å². The molecule has 1 rings (SSSR count). The van der Waals surface area contributed by atoms with Crippen molar-refractivity contribution in [3.05, 3.63) is 26.2 Å². The lowest BCUT2D eigenvalue weighted by molar-refractivity contribution is 1.45. The maximum Gasteiger partial charge on any atom is 0.0806 e. The zero-order valence-electron chi connectivity index (χ0n) is 5.30. The van der Waals surface area contributed by atoms with Crippen LogP contribution in [0.5, 0.6) is 0 Å². The predicted molar refractivity (Wildman–Crippen MR) is 57.0 cm³/mol. The minimum absolute atomic E-state index is 0.192. The maximum atomic E-state index is 5.76. The predicted octanol–water partition coefficient (Wildman–Crippen LogP) is 5.35. The highest BCUT2D eigenvalue weighted by Crippen LogP contribution is 2.42. The Balaban J connectivity index is 3.39. The number of benzene rings is 1. The van der Waals surface area contributed by atoms with E-state index in [-0.39, 0.29) is 20.1 Å². The normalized spacial score (nSPS) is 10.4. The molecule has 0 heterocycles. The molecule has 0 amide bonds. The average Bonchev–Trinajstić information content (AvgIpc) is 2.08. The van der Waals surface area contributed by atoms with E-state index in [1.807, 2.05) is 0 Å². The maximum absolute atomic E-state index is 5.76. The minimum atomic E-state index is 0.192. The molecule has 0 saturated carbocycles. The van der Waals surface area contributed by atoms with E-state index < -0.39 is 0 Å². The fraction of sp³-hybridized carbons (Fsp3) is 0. The van der Waals surface area contributed by atoms with Crippen molar-refractivity contribution in [1.29, 1.82) is 0 Å². The molecule has 0 aliphatic carbocycles. The van der Waals surface area contributed by atoms with Crippen LogP contribution < -0.4 is 0 Å². The first-order valence-corrected chi connectivity index (χ1v) is 5.77. The van der Waals surface area contributed by atoms with E-state index in [1.165, 1.54) is 0 Å². The summed E-state index contributed by atoms with van der Waals surface area (Å²) in [6, 6.07) is 2.68. The summed E-state index contributed by atoms with van der Waals surface area (Å²) < 4.78 is 0. The summed E-state index contributed by atoms with van der Waals surface area (Å²) >= 11 is 22.8. The zero-order valence-corrected chi connectivity index (χ0v) is 9.89. The molecule has 0 spiro atoms. The fourth-order valence-corrected chi connectivity index (χ4v) is 2.32. The van der Waals surface area contributed by atoms with Crippen LogP contribution >= 0.6 is 68.1 Å². The van der Waals surface area contributed by atoms with Gasteiger partial charge in [0.2, 0.25) is 0 Å². The standard InChI is InChI=1S/C6Cl5S/c7-2-1-3(12-11)5(9)6(10)4(2)8. The Bertz CT molecular complexity index is 311. The highest BCUT2D eigenvalue weighted by molar-refractivity contribution is 8.21. The van der Waals surface area contributed by atoms with Crippen LogP contribution in [0.4, 0.5) is 0 Å². The van der Waals surface area contributed by atoms with Gasteiger partial charge in [0, 0.05) is 6.07 Å². The van der Waals surface area contributed by atoms with E-state index in [4.69, 9.17) is 57.1 Å². The first-order chi connectivity index (χ1) is 5.57. The first-order valence-electron chi connectivity index (χ1n) is 2.61. The highest BCUT2D eigenvalue weighted by Gasteiger charge is 2.13. The van der Waals surface area contributed by atoms with Gasteiger partial charge >= 0.3 is 0 Å². The van der Waals surface area contributed by atoms with Crippen molar-refractivity contribution in [2.45, 2.75) is 4.90 Å². The zero-order chi connectivity index (χ0) is 9.30. The van der Waals surface area contributed by atoms with Gasteiger partial charge in [-0.15, -0.1) is 0 Å². The molecular formula is C6Cl5S. The molecule has 12 heavy (non-hydrogen) atoms. The molecule has 0 fully saturated rings. The average molecular weight is 281 g/mol. The van der Waals surface area contributed by atoms with E-state index in [0.717, 1.165) is 11.0 Å². The Morgan fingerprint density at radius 3 is 2.00 bits per heavy atom. The Labute approximate surface area is 98.6 Å². The van der Waals surface area contributed by atoms with Crippen LogP contribution in [0.1, 0.15) is 0 Å². The molecule has 0 saturated heterocycles. The molecule has 0 atom stereocenters. The molecule has 0 bridgehead atoms. The number of rotatable bonds is 1. The third-order valence-electron chi connectivity index (χ3n) is 1.08. The van der Waals surface area contributed by atoms with E-state index in [9.17, 15) is 0 Å². The summed E-state index contributed by atoms with van der Waals surface area (Å²) in [5.41, 5.74) is 0. The number of hydrogen-bond acceptors (Lipinski definition) is 1. The Kier molecular flexibility index (Phi) is 4.16. The summed E-state index contributed by atoms with van der Waals surface area (Å²) in [5.74, 6) is 0. The van der Waals surface area contributed by atoms with E-state index >= 15 is 0 Å². The SMILES string of the molecule is ClSc1[c]c(Cl)c(Cl)c(Cl)c1Cl. The molecule has 0 unspecified atom stereocenters. The summed E-state index contributed by atoms with van der Waals surface area (Å²) in [6.45, 7) is 0. The second kappa shape index (κ2) is 4.50. The van der Waals surface area contributed by atoms with Crippen molar-refractivity contribution in [2.75, 3.05) is 0 Å². The lowest BCUT2D eigenvalue weighted by atomic mass is 10.3. The van der Waals surface area contributed by atoms with Gasteiger partial charge in [-0.3, -0.25) is 0 Å². The van der Waals surface area contributed by atoms with Gasteiger partial charge in [-0.2, -0.15) is 0 Å². The molecule has 6 heteroatoms. The largest absolute Gasteiger partial charge is 0.0819 e. The van der Waals surface area contributed by atoms with Crippen LogP contribution in [0.15, 0.2) is 4.90 Å². The van der Waals surface area contributed by atoms with Crippen molar-refractivity contribution in [2.24, 2.45) is 0 Å². The van der Waals surface area contributed by atoms with Crippen LogP contribution in [0.2, 0.25) is 20.1 Å². The quantitative estimate of drug-likeness (QED) is 0.494. The fourth-order valence-electron chi connectivity index (χ4n) is 0.555. The third kappa shape index (κ3) is 2.09. The van der Waals surface area contributed by atoms with Gasteiger partial charge in [0.1, 0.15) is 0 Å². The monoisotopic (exact) mass is 279 g/mol. The summed E-state index contributed by atoms with van der Waals surface area (Å²) in [6.07, 6.45) is 0. The topological polar surface area (TPSA) is 0 Å². The first kappa shape index (κ1) is 11.1. The Hall–Kier alpha value is 1.02. The molecule has 0 aliphatic rings. The molecule has 0 N–H and O–H groups in total. The van der Waals surface area contributed by atoms with Gasteiger partial charge in [-0.1, -0.05) is 46.4 Å². The Morgan fingerprint density at radius 1 is 0.917 bits per heavy atom. The van der Waals surface area contributed by atoms with Gasteiger partial charge in [0.05, 0.1) is 25.0 Å². The highest BCUT2D eigenvalue weighted by atomic mass is 35.7. The molecule has 0 aromatic heterocycles. The minimum Gasteiger partial charge on any atom is -0.0819 e. The van der Waals surface area contributed by atoms with E-state index in [1.54, 1.807) is 0 Å². The van der Waals surface area contributed by atoms with Gasteiger partial charge in [0.25, 0.3) is 0 Å². The summed E-state index contributed by atoms with van der Waals surface area (Å²) in [7, 11) is 6.36. The third-order valence-corrected chi connectivity index (χ3v) is 3.82. The van der Waals surface area contributed by atoms with Gasteiger partial charge in [-0.25, -0.2) is 0 Å².